The van der Waals surface area contributed by atoms with Gasteiger partial charge in [0, 0.05) is 25.8 Å². The summed E-state index contributed by atoms with van der Waals surface area (Å²) in [5.41, 5.74) is 5.74. The average Bonchev–Trinajstić information content (AvgIpc) is 2.39. The molecule has 0 spiro atoms. The van der Waals surface area contributed by atoms with Crippen LogP contribution in [-0.4, -0.2) is 36.3 Å². The fraction of sp³-hybridized carbons (Fsp3) is 0.714. The molecule has 1 aromatic rings. The van der Waals surface area contributed by atoms with E-state index in [1.165, 1.54) is 0 Å². The van der Waals surface area contributed by atoms with Crippen molar-refractivity contribution in [3.63, 3.8) is 0 Å². The zero-order chi connectivity index (χ0) is 14.8. The highest BCUT2D eigenvalue weighted by Gasteiger charge is 2.02. The van der Waals surface area contributed by atoms with Crippen LogP contribution in [0.1, 0.15) is 33.0 Å². The first kappa shape index (κ1) is 16.7. The maximum Gasteiger partial charge on any atom is 0.158 e. The number of hydrogen-bond donors (Lipinski definition) is 2. The molecule has 0 aliphatic carbocycles. The van der Waals surface area contributed by atoms with E-state index in [1.54, 1.807) is 6.07 Å². The molecule has 0 aliphatic heterocycles. The first-order valence-corrected chi connectivity index (χ1v) is 7.14. The molecule has 0 bridgehead atoms. The molecule has 0 fully saturated rings. The van der Waals surface area contributed by atoms with Crippen molar-refractivity contribution in [3.8, 4) is 0 Å². The molecule has 0 amide bonds. The van der Waals surface area contributed by atoms with Crippen LogP contribution in [0.2, 0.25) is 0 Å². The van der Waals surface area contributed by atoms with E-state index in [9.17, 15) is 0 Å². The van der Waals surface area contributed by atoms with Crippen molar-refractivity contribution < 1.29 is 9.47 Å². The van der Waals surface area contributed by atoms with Crippen molar-refractivity contribution in [2.45, 2.75) is 33.8 Å². The van der Waals surface area contributed by atoms with E-state index in [0.717, 1.165) is 13.0 Å². The quantitative estimate of drug-likeness (QED) is 0.639. The number of rotatable bonds is 10. The number of aromatic nitrogens is 2. The number of nitrogens with one attached hydrogen (secondary N) is 1. The number of nitrogens with two attached hydrogens (primary N) is 1. The summed E-state index contributed by atoms with van der Waals surface area (Å²) in [7, 11) is 0. The molecule has 1 heterocycles. The van der Waals surface area contributed by atoms with Crippen LogP contribution < -0.4 is 11.1 Å². The zero-order valence-corrected chi connectivity index (χ0v) is 12.7. The van der Waals surface area contributed by atoms with Crippen LogP contribution >= 0.6 is 0 Å². The van der Waals surface area contributed by atoms with Crippen LogP contribution in [0.15, 0.2) is 6.07 Å². The molecule has 0 saturated carbocycles. The van der Waals surface area contributed by atoms with Gasteiger partial charge in [0.1, 0.15) is 18.2 Å². The first-order chi connectivity index (χ1) is 9.61. The average molecular weight is 282 g/mol. The number of hydrogen-bond acceptors (Lipinski definition) is 6. The van der Waals surface area contributed by atoms with E-state index in [2.05, 4.69) is 29.1 Å². The minimum atomic E-state index is 0.376. The maximum atomic E-state index is 5.74. The van der Waals surface area contributed by atoms with Gasteiger partial charge in [-0.25, -0.2) is 9.97 Å². The Bertz CT molecular complexity index is 385. The van der Waals surface area contributed by atoms with Gasteiger partial charge in [-0.15, -0.1) is 0 Å². The van der Waals surface area contributed by atoms with Crippen molar-refractivity contribution in [1.29, 1.82) is 0 Å². The third-order valence-electron chi connectivity index (χ3n) is 2.62. The van der Waals surface area contributed by atoms with Gasteiger partial charge in [0.25, 0.3) is 0 Å². The molecule has 6 nitrogen and oxygen atoms in total. The molecule has 0 saturated heterocycles. The molecule has 0 atom stereocenters. The van der Waals surface area contributed by atoms with Gasteiger partial charge >= 0.3 is 0 Å². The molecule has 1 rings (SSSR count). The third-order valence-corrected chi connectivity index (χ3v) is 2.62. The Morgan fingerprint density at radius 3 is 2.75 bits per heavy atom. The molecule has 114 valence electrons. The summed E-state index contributed by atoms with van der Waals surface area (Å²) >= 11 is 0. The summed E-state index contributed by atoms with van der Waals surface area (Å²) in [5, 5.41) is 3.18. The van der Waals surface area contributed by atoms with E-state index in [-0.39, 0.29) is 0 Å². The molecule has 6 heteroatoms. The van der Waals surface area contributed by atoms with Crippen molar-refractivity contribution in [1.82, 2.24) is 9.97 Å². The van der Waals surface area contributed by atoms with E-state index >= 15 is 0 Å². The van der Waals surface area contributed by atoms with Crippen LogP contribution in [0.3, 0.4) is 0 Å². The summed E-state index contributed by atoms with van der Waals surface area (Å²) in [4.78, 5) is 8.45. The van der Waals surface area contributed by atoms with Crippen LogP contribution in [0, 0.1) is 5.92 Å². The lowest BCUT2D eigenvalue weighted by Gasteiger charge is -2.09. The highest BCUT2D eigenvalue weighted by molar-refractivity contribution is 5.44. The highest BCUT2D eigenvalue weighted by Crippen LogP contribution is 2.08. The van der Waals surface area contributed by atoms with Gasteiger partial charge in [-0.1, -0.05) is 13.8 Å². The molecule has 3 N–H and O–H groups in total. The van der Waals surface area contributed by atoms with Crippen molar-refractivity contribution in [3.05, 3.63) is 11.9 Å². The largest absolute Gasteiger partial charge is 0.384 e. The number of nitrogens with zero attached hydrogens (tertiary/aromatic N) is 2. The number of nitrogen functional groups attached to an aromatic ring is 1. The second kappa shape index (κ2) is 9.50. The Balaban J connectivity index is 2.30. The Morgan fingerprint density at radius 2 is 2.05 bits per heavy atom. The molecule has 1 aromatic heterocycles. The summed E-state index contributed by atoms with van der Waals surface area (Å²) < 4.78 is 10.8. The third kappa shape index (κ3) is 7.25. The minimum Gasteiger partial charge on any atom is -0.384 e. The SMILES string of the molecule is CCOCc1nc(N)cc(NCCOCCC(C)C)n1. The zero-order valence-electron chi connectivity index (χ0n) is 12.7. The van der Waals surface area contributed by atoms with Crippen molar-refractivity contribution in [2.75, 3.05) is 37.4 Å². The molecule has 0 aliphatic rings. The summed E-state index contributed by atoms with van der Waals surface area (Å²) in [6, 6.07) is 1.71. The monoisotopic (exact) mass is 282 g/mol. The van der Waals surface area contributed by atoms with Gasteiger partial charge in [0.2, 0.25) is 0 Å². The lowest BCUT2D eigenvalue weighted by Crippen LogP contribution is -2.13. The predicted molar refractivity (Wildman–Crippen MR) is 80.5 cm³/mol. The summed E-state index contributed by atoms with van der Waals surface area (Å²) in [5.74, 6) is 2.42. The van der Waals surface area contributed by atoms with E-state index in [4.69, 9.17) is 15.2 Å². The fourth-order valence-corrected chi connectivity index (χ4v) is 1.54. The topological polar surface area (TPSA) is 82.3 Å². The van der Waals surface area contributed by atoms with Gasteiger partial charge in [-0.3, -0.25) is 0 Å². The fourth-order valence-electron chi connectivity index (χ4n) is 1.54. The van der Waals surface area contributed by atoms with E-state index < -0.39 is 0 Å². The lowest BCUT2D eigenvalue weighted by molar-refractivity contribution is 0.128. The molecular weight excluding hydrogens is 256 g/mol. The van der Waals surface area contributed by atoms with Crippen LogP contribution in [0.5, 0.6) is 0 Å². The Kier molecular flexibility index (Phi) is 7.91. The standard InChI is InChI=1S/C14H26N4O2/c1-4-19-10-14-17-12(15)9-13(18-14)16-6-8-20-7-5-11(2)3/h9,11H,4-8,10H2,1-3H3,(H3,15,16,17,18). The van der Waals surface area contributed by atoms with E-state index in [1.807, 2.05) is 6.92 Å². The maximum absolute atomic E-state index is 5.74. The predicted octanol–water partition coefficient (Wildman–Crippen LogP) is 2.07. The first-order valence-electron chi connectivity index (χ1n) is 7.14. The van der Waals surface area contributed by atoms with Crippen LogP contribution in [0.4, 0.5) is 11.6 Å². The number of anilines is 2. The second-order valence-electron chi connectivity index (χ2n) is 4.95. The summed E-state index contributed by atoms with van der Waals surface area (Å²) in [6.45, 7) is 9.45. The Labute approximate surface area is 121 Å². The molecular formula is C14H26N4O2. The van der Waals surface area contributed by atoms with Crippen LogP contribution in [-0.2, 0) is 16.1 Å². The molecule has 0 radical (unpaired) electrons. The minimum absolute atomic E-state index is 0.376. The normalized spacial score (nSPS) is 11.0. The van der Waals surface area contributed by atoms with Crippen molar-refractivity contribution in [2.24, 2.45) is 5.92 Å². The summed E-state index contributed by atoms with van der Waals surface area (Å²) in [6.07, 6.45) is 1.08. The van der Waals surface area contributed by atoms with Gasteiger partial charge in [-0.05, 0) is 19.3 Å². The number of ether oxygens (including phenoxy) is 2. The second-order valence-corrected chi connectivity index (χ2v) is 4.95. The lowest BCUT2D eigenvalue weighted by atomic mass is 10.1. The Hall–Kier alpha value is -1.40. The molecule has 20 heavy (non-hydrogen) atoms. The van der Waals surface area contributed by atoms with Gasteiger partial charge in [0.05, 0.1) is 6.61 Å². The van der Waals surface area contributed by atoms with Gasteiger partial charge < -0.3 is 20.5 Å². The molecule has 0 aromatic carbocycles. The van der Waals surface area contributed by atoms with Gasteiger partial charge in [-0.2, -0.15) is 0 Å². The Morgan fingerprint density at radius 1 is 1.25 bits per heavy atom. The van der Waals surface area contributed by atoms with Gasteiger partial charge in [0.15, 0.2) is 5.82 Å². The smallest absolute Gasteiger partial charge is 0.158 e. The van der Waals surface area contributed by atoms with Crippen molar-refractivity contribution >= 4 is 11.6 Å². The molecule has 0 unspecified atom stereocenters. The van der Waals surface area contributed by atoms with E-state index in [0.29, 0.717) is 49.7 Å². The highest BCUT2D eigenvalue weighted by atomic mass is 16.5. The van der Waals surface area contributed by atoms with Crippen LogP contribution in [0.25, 0.3) is 0 Å².